The Morgan fingerprint density at radius 3 is 3.00 bits per heavy atom. The Labute approximate surface area is 89.6 Å². The van der Waals surface area contributed by atoms with Crippen molar-refractivity contribution in [3.05, 3.63) is 29.6 Å². The molecule has 0 amide bonds. The van der Waals surface area contributed by atoms with Gasteiger partial charge in [-0.2, -0.15) is 0 Å². The summed E-state index contributed by atoms with van der Waals surface area (Å²) in [5.74, 6) is -0.442. The van der Waals surface area contributed by atoms with Crippen molar-refractivity contribution in [2.24, 2.45) is 5.92 Å². The Morgan fingerprint density at radius 1 is 1.43 bits per heavy atom. The molecule has 1 nitrogen and oxygen atoms in total. The first-order valence-electron chi connectivity index (χ1n) is 4.33. The SMILES string of the molecule is O=C1c2cc(F)ccc2SC2C(Cl)C12. The first-order chi connectivity index (χ1) is 6.68. The number of carbonyl (C=O) groups excluding carboxylic acids is 1. The van der Waals surface area contributed by atoms with E-state index in [1.54, 1.807) is 17.8 Å². The van der Waals surface area contributed by atoms with Gasteiger partial charge in [-0.25, -0.2) is 4.39 Å². The summed E-state index contributed by atoms with van der Waals surface area (Å²) >= 11 is 7.53. The summed E-state index contributed by atoms with van der Waals surface area (Å²) < 4.78 is 12.9. The van der Waals surface area contributed by atoms with E-state index < -0.39 is 0 Å². The standard InChI is InChI=1S/C10H6ClFOS/c11-8-7-9(13)5-3-4(12)1-2-6(5)14-10(7)8/h1-3,7-8,10H. The van der Waals surface area contributed by atoms with Gasteiger partial charge in [-0.15, -0.1) is 23.4 Å². The Hall–Kier alpha value is -0.540. The molecule has 1 fully saturated rings. The molecule has 3 unspecified atom stereocenters. The van der Waals surface area contributed by atoms with Gasteiger partial charge in [0.05, 0.1) is 11.3 Å². The topological polar surface area (TPSA) is 17.1 Å². The van der Waals surface area contributed by atoms with Gasteiger partial charge >= 0.3 is 0 Å². The summed E-state index contributed by atoms with van der Waals surface area (Å²) in [7, 11) is 0. The van der Waals surface area contributed by atoms with Gasteiger partial charge in [-0.05, 0) is 18.2 Å². The second-order valence-electron chi connectivity index (χ2n) is 3.56. The first kappa shape index (κ1) is 8.74. The van der Waals surface area contributed by atoms with Crippen molar-refractivity contribution in [2.45, 2.75) is 15.5 Å². The third kappa shape index (κ3) is 1.06. The molecule has 0 aromatic heterocycles. The number of Topliss-reactive ketones (excluding diaryl/α,β-unsaturated/α-hetero) is 1. The lowest BCUT2D eigenvalue weighted by Crippen LogP contribution is -2.10. The van der Waals surface area contributed by atoms with Gasteiger partial charge in [0.15, 0.2) is 5.78 Å². The molecule has 2 aliphatic rings. The van der Waals surface area contributed by atoms with Crippen molar-refractivity contribution in [1.82, 2.24) is 0 Å². The van der Waals surface area contributed by atoms with Crippen LogP contribution in [0.2, 0.25) is 0 Å². The number of halogens is 2. The highest BCUT2D eigenvalue weighted by atomic mass is 35.5. The second-order valence-corrected chi connectivity index (χ2v) is 5.28. The van der Waals surface area contributed by atoms with E-state index in [1.807, 2.05) is 0 Å². The predicted molar refractivity (Wildman–Crippen MR) is 53.5 cm³/mol. The minimum atomic E-state index is -0.358. The normalized spacial score (nSPS) is 33.6. The fourth-order valence-corrected chi connectivity index (χ4v) is 3.76. The molecule has 1 heterocycles. The predicted octanol–water partition coefficient (Wildman–Crippen LogP) is 2.72. The molecule has 0 radical (unpaired) electrons. The second kappa shape index (κ2) is 2.74. The molecule has 0 bridgehead atoms. The fourth-order valence-electron chi connectivity index (χ4n) is 1.80. The molecule has 1 saturated carbocycles. The number of alkyl halides is 1. The maximum atomic E-state index is 12.9. The number of hydrogen-bond acceptors (Lipinski definition) is 2. The van der Waals surface area contributed by atoms with Crippen LogP contribution in [0, 0.1) is 11.7 Å². The first-order valence-corrected chi connectivity index (χ1v) is 5.64. The zero-order valence-corrected chi connectivity index (χ0v) is 8.61. The van der Waals surface area contributed by atoms with E-state index in [0.717, 1.165) is 4.90 Å². The Kier molecular flexibility index (Phi) is 1.71. The highest BCUT2D eigenvalue weighted by Gasteiger charge is 2.57. The van der Waals surface area contributed by atoms with E-state index in [4.69, 9.17) is 11.6 Å². The molecule has 3 rings (SSSR count). The van der Waals surface area contributed by atoms with Crippen molar-refractivity contribution in [1.29, 1.82) is 0 Å². The molecule has 72 valence electrons. The van der Waals surface area contributed by atoms with Crippen LogP contribution < -0.4 is 0 Å². The number of fused-ring (bicyclic) bond motifs is 2. The van der Waals surface area contributed by atoms with Crippen molar-refractivity contribution in [3.63, 3.8) is 0 Å². The van der Waals surface area contributed by atoms with Crippen LogP contribution in [0.5, 0.6) is 0 Å². The molecule has 4 heteroatoms. The van der Waals surface area contributed by atoms with E-state index in [2.05, 4.69) is 0 Å². The molecular formula is C10H6ClFOS. The summed E-state index contributed by atoms with van der Waals surface area (Å²) in [6, 6.07) is 4.35. The minimum absolute atomic E-state index is 0.00301. The molecule has 1 aliphatic carbocycles. The van der Waals surface area contributed by atoms with Crippen LogP contribution in [0.4, 0.5) is 4.39 Å². The summed E-state index contributed by atoms with van der Waals surface area (Å²) in [5, 5.41) is 0.144. The lowest BCUT2D eigenvalue weighted by Gasteiger charge is -2.12. The van der Waals surface area contributed by atoms with Gasteiger partial charge in [0, 0.05) is 15.7 Å². The van der Waals surface area contributed by atoms with Gasteiger partial charge in [-0.1, -0.05) is 0 Å². The van der Waals surface area contributed by atoms with Crippen LogP contribution >= 0.6 is 23.4 Å². The molecule has 14 heavy (non-hydrogen) atoms. The van der Waals surface area contributed by atoms with Crippen molar-refractivity contribution < 1.29 is 9.18 Å². The maximum Gasteiger partial charge on any atom is 0.169 e. The van der Waals surface area contributed by atoms with Gasteiger partial charge in [0.25, 0.3) is 0 Å². The summed E-state index contributed by atoms with van der Waals surface area (Å²) in [6.45, 7) is 0. The minimum Gasteiger partial charge on any atom is -0.294 e. The molecule has 1 aromatic rings. The zero-order chi connectivity index (χ0) is 9.87. The molecule has 0 spiro atoms. The molecule has 0 N–H and O–H groups in total. The van der Waals surface area contributed by atoms with Crippen LogP contribution in [0.3, 0.4) is 0 Å². The molecule has 0 saturated heterocycles. The number of thioether (sulfide) groups is 1. The van der Waals surface area contributed by atoms with E-state index in [-0.39, 0.29) is 28.1 Å². The zero-order valence-electron chi connectivity index (χ0n) is 7.04. The number of benzene rings is 1. The van der Waals surface area contributed by atoms with E-state index in [1.165, 1.54) is 12.1 Å². The average Bonchev–Trinajstić information content (AvgIpc) is 2.80. The van der Waals surface area contributed by atoms with Gasteiger partial charge < -0.3 is 0 Å². The number of ketones is 1. The highest BCUT2D eigenvalue weighted by Crippen LogP contribution is 2.55. The number of hydrogen-bond donors (Lipinski definition) is 0. The Bertz CT molecular complexity index is 434. The molecule has 1 aromatic carbocycles. The van der Waals surface area contributed by atoms with Crippen molar-refractivity contribution in [3.8, 4) is 0 Å². The van der Waals surface area contributed by atoms with E-state index in [0.29, 0.717) is 5.56 Å². The fraction of sp³-hybridized carbons (Fsp3) is 0.300. The maximum absolute atomic E-state index is 12.9. The van der Waals surface area contributed by atoms with Gasteiger partial charge in [-0.3, -0.25) is 4.79 Å². The van der Waals surface area contributed by atoms with Crippen LogP contribution in [0.1, 0.15) is 10.4 Å². The van der Waals surface area contributed by atoms with Crippen LogP contribution in [-0.4, -0.2) is 16.4 Å². The van der Waals surface area contributed by atoms with Crippen LogP contribution in [0.15, 0.2) is 23.1 Å². The summed E-state index contributed by atoms with van der Waals surface area (Å²) in [4.78, 5) is 12.6. The Morgan fingerprint density at radius 2 is 2.21 bits per heavy atom. The van der Waals surface area contributed by atoms with E-state index in [9.17, 15) is 9.18 Å². The Balaban J connectivity index is 2.11. The summed E-state index contributed by atoms with van der Waals surface area (Å²) in [6.07, 6.45) is 0. The van der Waals surface area contributed by atoms with Crippen molar-refractivity contribution in [2.75, 3.05) is 0 Å². The van der Waals surface area contributed by atoms with Crippen LogP contribution in [0.25, 0.3) is 0 Å². The van der Waals surface area contributed by atoms with Gasteiger partial charge in [0.2, 0.25) is 0 Å². The largest absolute Gasteiger partial charge is 0.294 e. The van der Waals surface area contributed by atoms with Gasteiger partial charge in [0.1, 0.15) is 5.82 Å². The molecule has 3 atom stereocenters. The van der Waals surface area contributed by atoms with Crippen molar-refractivity contribution >= 4 is 29.1 Å². The summed E-state index contributed by atoms with van der Waals surface area (Å²) in [5.41, 5.74) is 0.499. The lowest BCUT2D eigenvalue weighted by atomic mass is 10.1. The monoisotopic (exact) mass is 228 g/mol. The number of rotatable bonds is 0. The lowest BCUT2D eigenvalue weighted by molar-refractivity contribution is 0.0964. The smallest absolute Gasteiger partial charge is 0.169 e. The van der Waals surface area contributed by atoms with E-state index >= 15 is 0 Å². The molecular weight excluding hydrogens is 223 g/mol. The quantitative estimate of drug-likeness (QED) is 0.635. The van der Waals surface area contributed by atoms with Crippen LogP contribution in [-0.2, 0) is 0 Å². The highest BCUT2D eigenvalue weighted by molar-refractivity contribution is 8.00. The average molecular weight is 229 g/mol. The third-order valence-electron chi connectivity index (χ3n) is 2.64. The third-order valence-corrected chi connectivity index (χ3v) is 4.80. The number of carbonyl (C=O) groups is 1. The molecule has 1 aliphatic heterocycles.